The summed E-state index contributed by atoms with van der Waals surface area (Å²) < 4.78 is 5.20. The van der Waals surface area contributed by atoms with Gasteiger partial charge in [-0.1, -0.05) is 36.1 Å². The van der Waals surface area contributed by atoms with E-state index in [-0.39, 0.29) is 5.97 Å². The van der Waals surface area contributed by atoms with Gasteiger partial charge in [0, 0.05) is 19.3 Å². The molecule has 0 aliphatic heterocycles. The SMILES string of the molecule is C#CCC1=CC=C(CCOC(=O)CCCCC[C@H](N)C(=O)O)C1. The summed E-state index contributed by atoms with van der Waals surface area (Å²) in [4.78, 5) is 22.1. The third kappa shape index (κ3) is 8.22. The third-order valence-electron chi connectivity index (χ3n) is 3.74. The summed E-state index contributed by atoms with van der Waals surface area (Å²) in [5.74, 6) is 1.44. The summed E-state index contributed by atoms with van der Waals surface area (Å²) in [7, 11) is 0. The molecule has 0 bridgehead atoms. The number of ether oxygens (including phenoxy) is 1. The van der Waals surface area contributed by atoms with Gasteiger partial charge in [-0.15, -0.1) is 12.3 Å². The zero-order valence-corrected chi connectivity index (χ0v) is 13.4. The minimum absolute atomic E-state index is 0.206. The highest BCUT2D eigenvalue weighted by atomic mass is 16.5. The lowest BCUT2D eigenvalue weighted by molar-refractivity contribution is -0.143. The molecular formula is C18H25NO4. The zero-order valence-electron chi connectivity index (χ0n) is 13.4. The van der Waals surface area contributed by atoms with E-state index < -0.39 is 12.0 Å². The Morgan fingerprint density at radius 2 is 2.04 bits per heavy atom. The molecule has 0 fully saturated rings. The molecule has 0 heterocycles. The van der Waals surface area contributed by atoms with Crippen molar-refractivity contribution in [2.24, 2.45) is 5.73 Å². The number of aliphatic carboxylic acids is 1. The van der Waals surface area contributed by atoms with Crippen molar-refractivity contribution in [2.75, 3.05) is 6.61 Å². The summed E-state index contributed by atoms with van der Waals surface area (Å²) in [6.07, 6.45) is 14.6. The molecule has 0 radical (unpaired) electrons. The first-order valence-electron chi connectivity index (χ1n) is 7.98. The van der Waals surface area contributed by atoms with Crippen LogP contribution in [0, 0.1) is 12.3 Å². The van der Waals surface area contributed by atoms with Crippen LogP contribution in [0.5, 0.6) is 0 Å². The maximum atomic E-state index is 11.6. The van der Waals surface area contributed by atoms with Crippen LogP contribution in [-0.4, -0.2) is 29.7 Å². The number of carboxylic acid groups (broad SMARTS) is 1. The first kappa shape index (κ1) is 19.0. The maximum absolute atomic E-state index is 11.6. The average molecular weight is 319 g/mol. The van der Waals surface area contributed by atoms with Gasteiger partial charge in [0.15, 0.2) is 0 Å². The van der Waals surface area contributed by atoms with Crippen LogP contribution in [-0.2, 0) is 14.3 Å². The molecule has 126 valence electrons. The van der Waals surface area contributed by atoms with E-state index in [1.165, 1.54) is 11.1 Å². The number of allylic oxidation sites excluding steroid dienone is 3. The quantitative estimate of drug-likeness (QED) is 0.347. The van der Waals surface area contributed by atoms with Gasteiger partial charge in [-0.05, 0) is 19.3 Å². The second-order valence-corrected chi connectivity index (χ2v) is 5.72. The van der Waals surface area contributed by atoms with Gasteiger partial charge in [-0.2, -0.15) is 0 Å². The van der Waals surface area contributed by atoms with Crippen LogP contribution in [0.25, 0.3) is 0 Å². The molecule has 0 aromatic rings. The highest BCUT2D eigenvalue weighted by Crippen LogP contribution is 2.23. The minimum Gasteiger partial charge on any atom is -0.480 e. The van der Waals surface area contributed by atoms with Crippen molar-refractivity contribution >= 4 is 11.9 Å². The fourth-order valence-corrected chi connectivity index (χ4v) is 2.37. The van der Waals surface area contributed by atoms with Gasteiger partial charge in [0.1, 0.15) is 6.04 Å². The third-order valence-corrected chi connectivity index (χ3v) is 3.74. The molecule has 1 rings (SSSR count). The Kier molecular flexibility index (Phi) is 8.78. The second kappa shape index (κ2) is 10.6. The number of terminal acetylenes is 1. The maximum Gasteiger partial charge on any atom is 0.320 e. The molecule has 0 aromatic heterocycles. The van der Waals surface area contributed by atoms with Crippen molar-refractivity contribution in [1.29, 1.82) is 0 Å². The van der Waals surface area contributed by atoms with Gasteiger partial charge in [-0.25, -0.2) is 0 Å². The van der Waals surface area contributed by atoms with E-state index in [9.17, 15) is 9.59 Å². The van der Waals surface area contributed by atoms with E-state index in [0.717, 1.165) is 19.3 Å². The van der Waals surface area contributed by atoms with E-state index in [4.69, 9.17) is 22.0 Å². The summed E-state index contributed by atoms with van der Waals surface area (Å²) >= 11 is 0. The highest BCUT2D eigenvalue weighted by Gasteiger charge is 2.11. The molecule has 0 saturated heterocycles. The van der Waals surface area contributed by atoms with Crippen molar-refractivity contribution in [3.63, 3.8) is 0 Å². The summed E-state index contributed by atoms with van der Waals surface area (Å²) in [5, 5.41) is 8.64. The standard InChI is InChI=1S/C18H25NO4/c1-2-6-14-9-10-15(13-14)11-12-23-17(20)8-5-3-4-7-16(19)18(21)22/h1,9-10,16H,3-8,11-13,19H2,(H,21,22)/t16-/m0/s1. The topological polar surface area (TPSA) is 89.6 Å². The van der Waals surface area contributed by atoms with Crippen molar-refractivity contribution in [1.82, 2.24) is 0 Å². The largest absolute Gasteiger partial charge is 0.480 e. The molecule has 5 heteroatoms. The van der Waals surface area contributed by atoms with Crippen LogP contribution in [0.15, 0.2) is 23.3 Å². The van der Waals surface area contributed by atoms with E-state index in [1.54, 1.807) is 0 Å². The Labute approximate surface area is 137 Å². The van der Waals surface area contributed by atoms with E-state index in [0.29, 0.717) is 38.7 Å². The van der Waals surface area contributed by atoms with Gasteiger partial charge in [0.2, 0.25) is 0 Å². The van der Waals surface area contributed by atoms with E-state index in [2.05, 4.69) is 5.92 Å². The van der Waals surface area contributed by atoms with Gasteiger partial charge in [0.05, 0.1) is 6.61 Å². The number of nitrogens with two attached hydrogens (primary N) is 1. The number of rotatable bonds is 11. The predicted molar refractivity (Wildman–Crippen MR) is 88.5 cm³/mol. The van der Waals surface area contributed by atoms with E-state index in [1.807, 2.05) is 12.2 Å². The molecule has 0 spiro atoms. The molecule has 1 aliphatic carbocycles. The number of carbonyl (C=O) groups is 2. The highest BCUT2D eigenvalue weighted by molar-refractivity contribution is 5.72. The Bertz CT molecular complexity index is 514. The smallest absolute Gasteiger partial charge is 0.320 e. The number of esters is 1. The summed E-state index contributed by atoms with van der Waals surface area (Å²) in [6, 6.07) is -0.811. The molecule has 1 atom stereocenters. The molecule has 1 aliphatic rings. The lowest BCUT2D eigenvalue weighted by Crippen LogP contribution is -2.29. The average Bonchev–Trinajstić information content (AvgIpc) is 2.94. The van der Waals surface area contributed by atoms with Crippen molar-refractivity contribution in [3.8, 4) is 12.3 Å². The fraction of sp³-hybridized carbons (Fsp3) is 0.556. The molecule has 0 amide bonds. The molecule has 0 aromatic carbocycles. The molecule has 0 unspecified atom stereocenters. The van der Waals surface area contributed by atoms with Crippen LogP contribution in [0.2, 0.25) is 0 Å². The molecule has 5 nitrogen and oxygen atoms in total. The number of hydrogen-bond donors (Lipinski definition) is 2. The first-order valence-corrected chi connectivity index (χ1v) is 7.98. The molecular weight excluding hydrogens is 294 g/mol. The minimum atomic E-state index is -0.981. The van der Waals surface area contributed by atoms with Gasteiger partial charge >= 0.3 is 11.9 Å². The summed E-state index contributed by atoms with van der Waals surface area (Å²) in [6.45, 7) is 0.395. The fourth-order valence-electron chi connectivity index (χ4n) is 2.37. The lowest BCUT2D eigenvalue weighted by atomic mass is 10.1. The number of hydrogen-bond acceptors (Lipinski definition) is 4. The molecule has 23 heavy (non-hydrogen) atoms. The number of carbonyl (C=O) groups excluding carboxylic acids is 1. The Hall–Kier alpha value is -2.06. The predicted octanol–water partition coefficient (Wildman–Crippen LogP) is 2.56. The van der Waals surface area contributed by atoms with Crippen LogP contribution >= 0.6 is 0 Å². The Morgan fingerprint density at radius 1 is 1.30 bits per heavy atom. The molecule has 0 saturated carbocycles. The van der Waals surface area contributed by atoms with Gasteiger partial charge in [0.25, 0.3) is 0 Å². The van der Waals surface area contributed by atoms with E-state index >= 15 is 0 Å². The molecule has 3 N–H and O–H groups in total. The number of carboxylic acids is 1. The van der Waals surface area contributed by atoms with Crippen LogP contribution in [0.4, 0.5) is 0 Å². The zero-order chi connectivity index (χ0) is 17.1. The lowest BCUT2D eigenvalue weighted by Gasteiger charge is -2.07. The second-order valence-electron chi connectivity index (χ2n) is 5.72. The van der Waals surface area contributed by atoms with Crippen LogP contribution in [0.1, 0.15) is 51.4 Å². The van der Waals surface area contributed by atoms with Crippen LogP contribution in [0.3, 0.4) is 0 Å². The van der Waals surface area contributed by atoms with Crippen LogP contribution < -0.4 is 5.73 Å². The first-order chi connectivity index (χ1) is 11.0. The summed E-state index contributed by atoms with van der Waals surface area (Å²) in [5.41, 5.74) is 7.87. The Morgan fingerprint density at radius 3 is 2.74 bits per heavy atom. The van der Waals surface area contributed by atoms with Crippen molar-refractivity contribution in [2.45, 2.75) is 57.4 Å². The number of unbranched alkanes of at least 4 members (excludes halogenated alkanes) is 2. The van der Waals surface area contributed by atoms with Gasteiger partial charge < -0.3 is 15.6 Å². The Balaban J connectivity index is 1.99. The van der Waals surface area contributed by atoms with Crippen molar-refractivity contribution in [3.05, 3.63) is 23.3 Å². The van der Waals surface area contributed by atoms with Gasteiger partial charge in [-0.3, -0.25) is 9.59 Å². The van der Waals surface area contributed by atoms with Crippen molar-refractivity contribution < 1.29 is 19.4 Å². The normalized spacial score (nSPS) is 14.6. The monoisotopic (exact) mass is 319 g/mol.